The van der Waals surface area contributed by atoms with Gasteiger partial charge in [-0.1, -0.05) is 6.07 Å². The molecule has 0 aliphatic rings. The van der Waals surface area contributed by atoms with Crippen molar-refractivity contribution >= 4 is 23.1 Å². The second-order valence-corrected chi connectivity index (χ2v) is 4.69. The molecule has 1 aromatic carbocycles. The molecule has 1 aromatic rings. The maximum absolute atomic E-state index is 10.9. The molecule has 4 nitrogen and oxygen atoms in total. The van der Waals surface area contributed by atoms with Crippen LogP contribution >= 0.6 is 11.8 Å². The molecule has 0 spiro atoms. The molecular formula is C11H16N2O2S. The first-order valence-electron chi connectivity index (χ1n) is 5.05. The van der Waals surface area contributed by atoms with Crippen molar-refractivity contribution in [3.63, 3.8) is 0 Å². The summed E-state index contributed by atoms with van der Waals surface area (Å²) in [7, 11) is 0. The van der Waals surface area contributed by atoms with Crippen LogP contribution < -0.4 is 5.32 Å². The van der Waals surface area contributed by atoms with E-state index in [-0.39, 0.29) is 16.7 Å². The first kappa shape index (κ1) is 12.8. The number of rotatable bonds is 5. The zero-order valence-electron chi connectivity index (χ0n) is 9.69. The highest BCUT2D eigenvalue weighted by atomic mass is 32.2. The maximum Gasteiger partial charge on any atom is 0.292 e. The Hall–Kier alpha value is -1.23. The standard InChI is InChI=1S/C11H16N2O2S/c1-8-4-5-10(11(6-8)13(14)15)12-9(2)7-16-3/h4-6,9,12H,7H2,1-3H3. The largest absolute Gasteiger partial charge is 0.376 e. The van der Waals surface area contributed by atoms with Crippen LogP contribution in [0.15, 0.2) is 18.2 Å². The second-order valence-electron chi connectivity index (χ2n) is 3.78. The van der Waals surface area contributed by atoms with Crippen molar-refractivity contribution in [2.24, 2.45) is 0 Å². The Labute approximate surface area is 99.6 Å². The molecule has 0 fully saturated rings. The van der Waals surface area contributed by atoms with Crippen LogP contribution in [0.1, 0.15) is 12.5 Å². The van der Waals surface area contributed by atoms with Gasteiger partial charge in [0.1, 0.15) is 5.69 Å². The summed E-state index contributed by atoms with van der Waals surface area (Å²) >= 11 is 1.71. The van der Waals surface area contributed by atoms with Crippen LogP contribution in [-0.4, -0.2) is 23.0 Å². The molecular weight excluding hydrogens is 224 g/mol. The van der Waals surface area contributed by atoms with Gasteiger partial charge in [0, 0.05) is 17.9 Å². The van der Waals surface area contributed by atoms with E-state index in [9.17, 15) is 10.1 Å². The van der Waals surface area contributed by atoms with Crippen molar-refractivity contribution in [2.45, 2.75) is 19.9 Å². The molecule has 5 heteroatoms. The van der Waals surface area contributed by atoms with Crippen LogP contribution in [0.4, 0.5) is 11.4 Å². The van der Waals surface area contributed by atoms with Crippen LogP contribution in [0.5, 0.6) is 0 Å². The van der Waals surface area contributed by atoms with Gasteiger partial charge in [-0.2, -0.15) is 11.8 Å². The van der Waals surface area contributed by atoms with Crippen LogP contribution in [0.3, 0.4) is 0 Å². The van der Waals surface area contributed by atoms with Gasteiger partial charge in [-0.05, 0) is 31.7 Å². The van der Waals surface area contributed by atoms with E-state index >= 15 is 0 Å². The number of thioether (sulfide) groups is 1. The minimum Gasteiger partial charge on any atom is -0.376 e. The number of nitro benzene ring substituents is 1. The Morgan fingerprint density at radius 2 is 2.25 bits per heavy atom. The fraction of sp³-hybridized carbons (Fsp3) is 0.455. The summed E-state index contributed by atoms with van der Waals surface area (Å²) in [6.07, 6.45) is 2.02. The molecule has 0 radical (unpaired) electrons. The second kappa shape index (κ2) is 5.75. The first-order valence-corrected chi connectivity index (χ1v) is 6.44. The zero-order valence-corrected chi connectivity index (χ0v) is 10.5. The lowest BCUT2D eigenvalue weighted by Gasteiger charge is -2.14. The molecule has 0 saturated carbocycles. The van der Waals surface area contributed by atoms with Crippen LogP contribution in [-0.2, 0) is 0 Å². The van der Waals surface area contributed by atoms with Crippen LogP contribution in [0.2, 0.25) is 0 Å². The molecule has 0 bridgehead atoms. The molecule has 0 aliphatic carbocycles. The topological polar surface area (TPSA) is 55.2 Å². The molecule has 0 aromatic heterocycles. The minimum absolute atomic E-state index is 0.146. The lowest BCUT2D eigenvalue weighted by Crippen LogP contribution is -2.18. The maximum atomic E-state index is 10.9. The molecule has 0 amide bonds. The number of nitrogens with zero attached hydrogens (tertiary/aromatic N) is 1. The normalized spacial score (nSPS) is 12.2. The lowest BCUT2D eigenvalue weighted by molar-refractivity contribution is -0.384. The van der Waals surface area contributed by atoms with Gasteiger partial charge in [-0.3, -0.25) is 10.1 Å². The molecule has 0 saturated heterocycles. The van der Waals surface area contributed by atoms with Gasteiger partial charge in [-0.15, -0.1) is 0 Å². The van der Waals surface area contributed by atoms with Crippen molar-refractivity contribution in [2.75, 3.05) is 17.3 Å². The quantitative estimate of drug-likeness (QED) is 0.634. The number of aryl methyl sites for hydroxylation is 1. The Kier molecular flexibility index (Phi) is 4.61. The summed E-state index contributed by atoms with van der Waals surface area (Å²) in [4.78, 5) is 10.5. The Morgan fingerprint density at radius 3 is 2.81 bits per heavy atom. The highest BCUT2D eigenvalue weighted by molar-refractivity contribution is 7.98. The number of nitrogens with one attached hydrogen (secondary N) is 1. The predicted octanol–water partition coefficient (Wildman–Crippen LogP) is 3.07. The van der Waals surface area contributed by atoms with E-state index in [1.165, 1.54) is 0 Å². The van der Waals surface area contributed by atoms with E-state index in [0.29, 0.717) is 5.69 Å². The number of hydrogen-bond donors (Lipinski definition) is 1. The van der Waals surface area contributed by atoms with Crippen molar-refractivity contribution < 1.29 is 4.92 Å². The summed E-state index contributed by atoms with van der Waals surface area (Å²) in [5.74, 6) is 0.922. The van der Waals surface area contributed by atoms with Crippen molar-refractivity contribution in [3.05, 3.63) is 33.9 Å². The van der Waals surface area contributed by atoms with Gasteiger partial charge in [0.2, 0.25) is 0 Å². The molecule has 0 aliphatic heterocycles. The van der Waals surface area contributed by atoms with Crippen molar-refractivity contribution in [1.82, 2.24) is 0 Å². The van der Waals surface area contributed by atoms with Gasteiger partial charge in [-0.25, -0.2) is 0 Å². The van der Waals surface area contributed by atoms with Crippen LogP contribution in [0, 0.1) is 17.0 Å². The third-order valence-corrected chi connectivity index (χ3v) is 3.00. The number of nitro groups is 1. The molecule has 1 atom stereocenters. The Morgan fingerprint density at radius 1 is 1.56 bits per heavy atom. The summed E-state index contributed by atoms with van der Waals surface area (Å²) < 4.78 is 0. The fourth-order valence-electron chi connectivity index (χ4n) is 1.47. The average molecular weight is 240 g/mol. The number of hydrogen-bond acceptors (Lipinski definition) is 4. The molecule has 0 heterocycles. The molecule has 88 valence electrons. The first-order chi connectivity index (χ1) is 7.54. The lowest BCUT2D eigenvalue weighted by atomic mass is 10.2. The Bertz CT molecular complexity index is 382. The summed E-state index contributed by atoms with van der Waals surface area (Å²) in [6, 6.07) is 5.45. The summed E-state index contributed by atoms with van der Waals surface area (Å²) in [6.45, 7) is 3.86. The average Bonchev–Trinajstić information content (AvgIpc) is 2.20. The highest BCUT2D eigenvalue weighted by Crippen LogP contribution is 2.26. The van der Waals surface area contributed by atoms with Gasteiger partial charge in [0.05, 0.1) is 4.92 Å². The third kappa shape index (κ3) is 3.41. The number of benzene rings is 1. The van der Waals surface area contributed by atoms with E-state index in [1.807, 2.05) is 26.2 Å². The van der Waals surface area contributed by atoms with E-state index in [4.69, 9.17) is 0 Å². The SMILES string of the molecule is CSCC(C)Nc1ccc(C)cc1[N+](=O)[O-]. The molecule has 16 heavy (non-hydrogen) atoms. The van der Waals surface area contributed by atoms with Crippen molar-refractivity contribution in [3.8, 4) is 0 Å². The number of anilines is 1. The van der Waals surface area contributed by atoms with E-state index in [0.717, 1.165) is 11.3 Å². The molecule has 1 N–H and O–H groups in total. The molecule has 1 rings (SSSR count). The van der Waals surface area contributed by atoms with Crippen molar-refractivity contribution in [1.29, 1.82) is 0 Å². The van der Waals surface area contributed by atoms with Gasteiger partial charge in [0.15, 0.2) is 0 Å². The highest BCUT2D eigenvalue weighted by Gasteiger charge is 2.14. The van der Waals surface area contributed by atoms with Gasteiger partial charge >= 0.3 is 0 Å². The van der Waals surface area contributed by atoms with E-state index in [2.05, 4.69) is 5.32 Å². The van der Waals surface area contributed by atoms with Gasteiger partial charge in [0.25, 0.3) is 5.69 Å². The predicted molar refractivity (Wildman–Crippen MR) is 69.3 cm³/mol. The van der Waals surface area contributed by atoms with Crippen LogP contribution in [0.25, 0.3) is 0 Å². The summed E-state index contributed by atoms with van der Waals surface area (Å²) in [5.41, 5.74) is 1.64. The smallest absolute Gasteiger partial charge is 0.292 e. The van der Waals surface area contributed by atoms with E-state index < -0.39 is 0 Å². The van der Waals surface area contributed by atoms with E-state index in [1.54, 1.807) is 23.9 Å². The zero-order chi connectivity index (χ0) is 12.1. The van der Waals surface area contributed by atoms with Gasteiger partial charge < -0.3 is 5.32 Å². The minimum atomic E-state index is -0.346. The Balaban J connectivity index is 2.90. The third-order valence-electron chi connectivity index (χ3n) is 2.17. The fourth-order valence-corrected chi connectivity index (χ4v) is 2.06. The summed E-state index contributed by atoms with van der Waals surface area (Å²) in [5, 5.41) is 14.0. The molecule has 1 unspecified atom stereocenters. The monoisotopic (exact) mass is 240 g/mol.